The van der Waals surface area contributed by atoms with Crippen molar-refractivity contribution in [2.75, 3.05) is 31.1 Å². The highest BCUT2D eigenvalue weighted by atomic mass is 16.2. The van der Waals surface area contributed by atoms with E-state index in [1.54, 1.807) is 0 Å². The lowest BCUT2D eigenvalue weighted by Gasteiger charge is -2.42. The predicted molar refractivity (Wildman–Crippen MR) is 186 cm³/mol. The van der Waals surface area contributed by atoms with Crippen molar-refractivity contribution in [3.63, 3.8) is 0 Å². The van der Waals surface area contributed by atoms with Crippen LogP contribution in [0.5, 0.6) is 0 Å². The molecule has 1 aromatic carbocycles. The SMILES string of the molecule is CC.CC(=O)C(N)CCN.CC1CCN(c2cccc(-c3ccc4c(c3)C(C)(C)CCC4(C)C)n2)CC1.CCCCCO. The van der Waals surface area contributed by atoms with Crippen LogP contribution < -0.4 is 16.4 Å². The summed E-state index contributed by atoms with van der Waals surface area (Å²) in [6.45, 7) is 22.6. The van der Waals surface area contributed by atoms with Crippen LogP contribution in [0, 0.1) is 5.92 Å². The second-order valence-electron chi connectivity index (χ2n) is 13.3. The quantitative estimate of drug-likeness (QED) is 0.269. The van der Waals surface area contributed by atoms with E-state index in [4.69, 9.17) is 21.6 Å². The zero-order valence-corrected chi connectivity index (χ0v) is 29.0. The molecule has 2 aromatic rings. The van der Waals surface area contributed by atoms with Gasteiger partial charge in [-0.1, -0.05) is 86.4 Å². The lowest BCUT2D eigenvalue weighted by molar-refractivity contribution is -0.118. The first kappa shape index (κ1) is 38.7. The summed E-state index contributed by atoms with van der Waals surface area (Å²) in [6, 6.07) is 13.2. The molecule has 1 unspecified atom stereocenters. The fraction of sp³-hybridized carbons (Fsp3) is 0.676. The molecule has 1 aromatic heterocycles. The number of piperidine rings is 1. The highest BCUT2D eigenvalue weighted by molar-refractivity contribution is 5.81. The molecule has 1 saturated heterocycles. The van der Waals surface area contributed by atoms with Crippen molar-refractivity contribution in [1.29, 1.82) is 0 Å². The van der Waals surface area contributed by atoms with E-state index >= 15 is 0 Å². The molecule has 6 nitrogen and oxygen atoms in total. The van der Waals surface area contributed by atoms with E-state index in [0.29, 0.717) is 19.6 Å². The number of nitrogens with two attached hydrogens (primary N) is 2. The lowest BCUT2D eigenvalue weighted by atomic mass is 9.63. The molecule has 1 aliphatic heterocycles. The first-order valence-electron chi connectivity index (χ1n) is 16.8. The van der Waals surface area contributed by atoms with Gasteiger partial charge in [0.1, 0.15) is 11.6 Å². The van der Waals surface area contributed by atoms with Crippen molar-refractivity contribution in [2.45, 2.75) is 131 Å². The van der Waals surface area contributed by atoms with Crippen LogP contribution in [0.4, 0.5) is 5.82 Å². The Labute approximate surface area is 264 Å². The average molecular weight is 597 g/mol. The largest absolute Gasteiger partial charge is 0.396 e. The summed E-state index contributed by atoms with van der Waals surface area (Å²) in [5.41, 5.74) is 16.3. The van der Waals surface area contributed by atoms with Crippen molar-refractivity contribution < 1.29 is 9.90 Å². The molecule has 5 N–H and O–H groups in total. The van der Waals surface area contributed by atoms with Gasteiger partial charge in [0.05, 0.1) is 11.7 Å². The van der Waals surface area contributed by atoms with Crippen LogP contribution in [0.1, 0.15) is 125 Å². The Hall–Kier alpha value is -2.28. The van der Waals surface area contributed by atoms with Crippen LogP contribution >= 0.6 is 0 Å². The highest BCUT2D eigenvalue weighted by Gasteiger charge is 2.37. The van der Waals surface area contributed by atoms with E-state index in [2.05, 4.69) is 82.8 Å². The zero-order chi connectivity index (χ0) is 32.6. The monoisotopic (exact) mass is 597 g/mol. The number of Topliss-reactive ketones (excluding diaryl/α,β-unsaturated/α-hetero) is 1. The van der Waals surface area contributed by atoms with E-state index < -0.39 is 0 Å². The molecule has 0 spiro atoms. The number of anilines is 1. The van der Waals surface area contributed by atoms with Crippen molar-refractivity contribution in [3.8, 4) is 11.3 Å². The number of aromatic nitrogens is 1. The number of hydrogen-bond acceptors (Lipinski definition) is 6. The standard InChI is InChI=1S/C25H34N2.C5H12N2O.C5H12O.C2H6/c1-18-11-15-27(16-12-18)23-8-6-7-22(26-23)19-9-10-20-21(17-19)25(4,5)14-13-24(20,2)3;1-4(8)5(7)2-3-6;1-2-3-4-5-6;1-2/h6-10,17-18H,11-16H2,1-5H3;5H,2-3,6-7H2,1H3;6H,2-5H2,1H3;1-2H3. The van der Waals surface area contributed by atoms with E-state index in [9.17, 15) is 4.79 Å². The number of carbonyl (C=O) groups excluding carboxylic acids is 1. The smallest absolute Gasteiger partial charge is 0.146 e. The third-order valence-corrected chi connectivity index (χ3v) is 8.75. The maximum Gasteiger partial charge on any atom is 0.146 e. The van der Waals surface area contributed by atoms with E-state index in [1.165, 1.54) is 55.7 Å². The number of unbranched alkanes of at least 4 members (excludes halogenated alkanes) is 2. The summed E-state index contributed by atoms with van der Waals surface area (Å²) in [5, 5.41) is 8.20. The number of carbonyl (C=O) groups is 1. The Morgan fingerprint density at radius 3 is 2.12 bits per heavy atom. The summed E-state index contributed by atoms with van der Waals surface area (Å²) in [5.74, 6) is 1.99. The van der Waals surface area contributed by atoms with Crippen LogP contribution in [0.2, 0.25) is 0 Å². The van der Waals surface area contributed by atoms with Gasteiger partial charge in [0.2, 0.25) is 0 Å². The molecular weight excluding hydrogens is 532 g/mol. The molecule has 0 amide bonds. The van der Waals surface area contributed by atoms with Gasteiger partial charge >= 0.3 is 0 Å². The predicted octanol–water partition coefficient (Wildman–Crippen LogP) is 7.78. The van der Waals surface area contributed by atoms with Gasteiger partial charge in [-0.2, -0.15) is 0 Å². The van der Waals surface area contributed by atoms with E-state index in [0.717, 1.165) is 43.4 Å². The molecular formula is C37H64N4O2. The van der Waals surface area contributed by atoms with Gasteiger partial charge in [-0.05, 0) is 98.1 Å². The van der Waals surface area contributed by atoms with Crippen molar-refractivity contribution >= 4 is 11.6 Å². The average Bonchev–Trinajstić information content (AvgIpc) is 3.00. The summed E-state index contributed by atoms with van der Waals surface area (Å²) in [7, 11) is 0. The van der Waals surface area contributed by atoms with Crippen LogP contribution in [-0.2, 0) is 15.6 Å². The first-order chi connectivity index (χ1) is 20.4. The highest BCUT2D eigenvalue weighted by Crippen LogP contribution is 2.46. The number of benzene rings is 1. The third-order valence-electron chi connectivity index (χ3n) is 8.75. The number of nitrogens with zero attached hydrogens (tertiary/aromatic N) is 2. The van der Waals surface area contributed by atoms with Crippen LogP contribution in [0.25, 0.3) is 11.3 Å². The third kappa shape index (κ3) is 12.3. The summed E-state index contributed by atoms with van der Waals surface area (Å²) >= 11 is 0. The van der Waals surface area contributed by atoms with Crippen molar-refractivity contribution in [2.24, 2.45) is 17.4 Å². The number of ketones is 1. The molecule has 43 heavy (non-hydrogen) atoms. The molecule has 2 aliphatic rings. The number of pyridine rings is 1. The maximum atomic E-state index is 10.4. The lowest BCUT2D eigenvalue weighted by Crippen LogP contribution is -2.34. The molecule has 1 aliphatic carbocycles. The van der Waals surface area contributed by atoms with Gasteiger partial charge in [-0.3, -0.25) is 4.79 Å². The number of aliphatic hydroxyl groups excluding tert-OH is 1. The van der Waals surface area contributed by atoms with Crippen molar-refractivity contribution in [3.05, 3.63) is 47.5 Å². The molecule has 2 heterocycles. The Balaban J connectivity index is 0.000000480. The molecule has 1 atom stereocenters. The molecule has 1 fully saturated rings. The Morgan fingerprint density at radius 2 is 1.63 bits per heavy atom. The Bertz CT molecular complexity index is 1070. The minimum Gasteiger partial charge on any atom is -0.396 e. The first-order valence-corrected chi connectivity index (χ1v) is 16.8. The summed E-state index contributed by atoms with van der Waals surface area (Å²) in [4.78, 5) is 17.9. The molecule has 4 rings (SSSR count). The second kappa shape index (κ2) is 19.2. The summed E-state index contributed by atoms with van der Waals surface area (Å²) < 4.78 is 0. The minimum absolute atomic E-state index is 0.00968. The van der Waals surface area contributed by atoms with Gasteiger partial charge in [-0.15, -0.1) is 0 Å². The van der Waals surface area contributed by atoms with E-state index in [-0.39, 0.29) is 22.7 Å². The number of hydrogen-bond donors (Lipinski definition) is 3. The maximum absolute atomic E-state index is 10.4. The van der Waals surface area contributed by atoms with Gasteiger partial charge in [-0.25, -0.2) is 4.98 Å². The Kier molecular flexibility index (Phi) is 17.3. The molecule has 6 heteroatoms. The van der Waals surface area contributed by atoms with Gasteiger partial charge < -0.3 is 21.5 Å². The molecule has 0 saturated carbocycles. The van der Waals surface area contributed by atoms with Crippen LogP contribution in [0.15, 0.2) is 36.4 Å². The second-order valence-corrected chi connectivity index (χ2v) is 13.3. The molecule has 0 bridgehead atoms. The number of aliphatic hydroxyl groups is 1. The summed E-state index contributed by atoms with van der Waals surface area (Å²) in [6.07, 6.45) is 8.97. The van der Waals surface area contributed by atoms with Gasteiger partial charge in [0.25, 0.3) is 0 Å². The number of rotatable bonds is 8. The molecule has 0 radical (unpaired) electrons. The Morgan fingerprint density at radius 1 is 1.02 bits per heavy atom. The van der Waals surface area contributed by atoms with Crippen LogP contribution in [0.3, 0.4) is 0 Å². The fourth-order valence-corrected chi connectivity index (χ4v) is 5.49. The topological polar surface area (TPSA) is 105 Å². The van der Waals surface area contributed by atoms with Crippen molar-refractivity contribution in [1.82, 2.24) is 4.98 Å². The zero-order valence-electron chi connectivity index (χ0n) is 29.0. The normalized spacial score (nSPS) is 17.5. The van der Waals surface area contributed by atoms with Gasteiger partial charge in [0.15, 0.2) is 0 Å². The molecule has 244 valence electrons. The van der Waals surface area contributed by atoms with E-state index in [1.807, 2.05) is 13.8 Å². The fourth-order valence-electron chi connectivity index (χ4n) is 5.49. The van der Waals surface area contributed by atoms with Gasteiger partial charge in [0, 0.05) is 25.3 Å². The minimum atomic E-state index is -0.347. The number of fused-ring (bicyclic) bond motifs is 1. The van der Waals surface area contributed by atoms with Crippen LogP contribution in [-0.4, -0.2) is 48.2 Å².